The molecule has 0 atom stereocenters. The van der Waals surface area contributed by atoms with Crippen LogP contribution in [0.3, 0.4) is 0 Å². The van der Waals surface area contributed by atoms with Crippen molar-refractivity contribution < 1.29 is 22.7 Å². The Morgan fingerprint density at radius 2 is 1.89 bits per heavy atom. The van der Waals surface area contributed by atoms with Crippen LogP contribution in [0.15, 0.2) is 45.7 Å². The molecule has 6 rings (SSSR count). The molecule has 180 valence electrons. The van der Waals surface area contributed by atoms with Crippen molar-refractivity contribution >= 4 is 33.5 Å². The van der Waals surface area contributed by atoms with E-state index < -0.39 is 17.3 Å². The first kappa shape index (κ1) is 21.7. The minimum Gasteiger partial charge on any atom is -0.466 e. The number of nitrogens with one attached hydrogen (secondary N) is 1. The molecule has 35 heavy (non-hydrogen) atoms. The molecule has 0 radical (unpaired) electrons. The van der Waals surface area contributed by atoms with Gasteiger partial charge in [-0.25, -0.2) is 18.6 Å². The van der Waals surface area contributed by atoms with Gasteiger partial charge in [0, 0.05) is 49.2 Å². The van der Waals surface area contributed by atoms with E-state index in [1.54, 1.807) is 11.0 Å². The van der Waals surface area contributed by atoms with Crippen LogP contribution in [0.5, 0.6) is 5.88 Å². The molecular formula is C25H22F2N4O4. The number of carbonyl (C=O) groups is 1. The van der Waals surface area contributed by atoms with Gasteiger partial charge in [0.05, 0.1) is 17.1 Å². The number of hydrogen-bond acceptors (Lipinski definition) is 6. The molecule has 5 heterocycles. The monoisotopic (exact) mass is 480 g/mol. The predicted molar refractivity (Wildman–Crippen MR) is 125 cm³/mol. The molecule has 1 aromatic carbocycles. The fourth-order valence-corrected chi connectivity index (χ4v) is 5.07. The number of amides is 1. The maximum absolute atomic E-state index is 13.8. The van der Waals surface area contributed by atoms with Crippen molar-refractivity contribution in [1.82, 2.24) is 14.9 Å². The summed E-state index contributed by atoms with van der Waals surface area (Å²) >= 11 is 0. The highest BCUT2D eigenvalue weighted by Gasteiger charge is 2.34. The zero-order chi connectivity index (χ0) is 24.1. The second kappa shape index (κ2) is 8.46. The molecule has 10 heteroatoms. The second-order valence-electron chi connectivity index (χ2n) is 8.97. The molecule has 4 aromatic rings. The summed E-state index contributed by atoms with van der Waals surface area (Å²) in [7, 11) is 0. The Kier molecular flexibility index (Phi) is 5.25. The van der Waals surface area contributed by atoms with Crippen LogP contribution in [0.2, 0.25) is 0 Å². The number of fused-ring (bicyclic) bond motifs is 4. The number of aromatic amines is 1. The molecule has 0 aliphatic carbocycles. The van der Waals surface area contributed by atoms with E-state index in [2.05, 4.69) is 14.9 Å². The van der Waals surface area contributed by atoms with Crippen molar-refractivity contribution in [3.8, 4) is 5.88 Å². The Bertz CT molecular complexity index is 1510. The molecule has 1 amide bonds. The van der Waals surface area contributed by atoms with Gasteiger partial charge in [-0.2, -0.15) is 0 Å². The summed E-state index contributed by atoms with van der Waals surface area (Å²) in [5, 5.41) is 0.940. The molecular weight excluding hydrogens is 458 g/mol. The zero-order valence-electron chi connectivity index (χ0n) is 18.7. The smallest absolute Gasteiger partial charge is 0.345 e. The van der Waals surface area contributed by atoms with Gasteiger partial charge in [-0.15, -0.1) is 0 Å². The first-order valence-corrected chi connectivity index (χ1v) is 11.5. The van der Waals surface area contributed by atoms with Crippen molar-refractivity contribution in [2.45, 2.75) is 25.3 Å². The third-order valence-electron chi connectivity index (χ3n) is 6.79. The zero-order valence-corrected chi connectivity index (χ0v) is 18.7. The normalized spacial score (nSPS) is 17.2. The highest BCUT2D eigenvalue weighted by Crippen LogP contribution is 2.34. The summed E-state index contributed by atoms with van der Waals surface area (Å²) in [6.45, 7) is 2.19. The van der Waals surface area contributed by atoms with E-state index in [-0.39, 0.29) is 24.4 Å². The maximum Gasteiger partial charge on any atom is 0.345 e. The Hall–Kier alpha value is -3.79. The number of ether oxygens (including phenoxy) is 1. The second-order valence-corrected chi connectivity index (χ2v) is 8.97. The number of likely N-dealkylation sites (tertiary alicyclic amines) is 1. The molecule has 0 bridgehead atoms. The lowest BCUT2D eigenvalue weighted by Gasteiger charge is -2.40. The summed E-state index contributed by atoms with van der Waals surface area (Å²) in [6, 6.07) is 7.09. The van der Waals surface area contributed by atoms with Crippen molar-refractivity contribution in [3.05, 3.63) is 64.3 Å². The molecule has 2 aliphatic heterocycles. The van der Waals surface area contributed by atoms with Crippen LogP contribution in [-0.2, 0) is 11.2 Å². The topological polar surface area (TPSA) is 91.7 Å². The van der Waals surface area contributed by atoms with Gasteiger partial charge >= 0.3 is 5.63 Å². The van der Waals surface area contributed by atoms with Gasteiger partial charge < -0.3 is 23.9 Å². The lowest BCUT2D eigenvalue weighted by Crippen LogP contribution is -2.51. The fourth-order valence-electron chi connectivity index (χ4n) is 5.07. The fraction of sp³-hybridized carbons (Fsp3) is 0.320. The van der Waals surface area contributed by atoms with Crippen LogP contribution in [0.1, 0.15) is 18.5 Å². The molecule has 8 nitrogen and oxygen atoms in total. The molecule has 1 saturated heterocycles. The number of anilines is 1. The van der Waals surface area contributed by atoms with Crippen molar-refractivity contribution in [3.63, 3.8) is 0 Å². The van der Waals surface area contributed by atoms with Crippen LogP contribution in [0, 0.1) is 11.6 Å². The average molecular weight is 480 g/mol. The summed E-state index contributed by atoms with van der Waals surface area (Å²) in [5.41, 5.74) is 1.72. The number of rotatable bonds is 4. The number of H-pyrrole nitrogens is 1. The Morgan fingerprint density at radius 3 is 2.71 bits per heavy atom. The Morgan fingerprint density at radius 1 is 1.06 bits per heavy atom. The van der Waals surface area contributed by atoms with Crippen LogP contribution >= 0.6 is 0 Å². The molecule has 0 unspecified atom stereocenters. The van der Waals surface area contributed by atoms with Gasteiger partial charge in [0.1, 0.15) is 22.9 Å². The minimum absolute atomic E-state index is 0.0519. The molecule has 0 saturated carbocycles. The number of benzene rings is 1. The number of carbonyl (C=O) groups excluding carboxylic acids is 1. The van der Waals surface area contributed by atoms with Crippen molar-refractivity contribution in [2.75, 3.05) is 31.1 Å². The van der Waals surface area contributed by atoms with Crippen LogP contribution < -0.4 is 15.3 Å². The molecule has 0 spiro atoms. The van der Waals surface area contributed by atoms with E-state index in [0.29, 0.717) is 34.0 Å². The SMILES string of the molecule is O=C1COc2ncc(F)cc2N1C1CCN(CCc2cc3c(=O)oc4ccc(F)cc4c3[nH]2)CC1. The predicted octanol–water partition coefficient (Wildman–Crippen LogP) is 3.38. The number of hydrogen-bond donors (Lipinski definition) is 1. The van der Waals surface area contributed by atoms with Gasteiger partial charge in [-0.1, -0.05) is 0 Å². The lowest BCUT2D eigenvalue weighted by molar-refractivity contribution is -0.122. The van der Waals surface area contributed by atoms with E-state index in [9.17, 15) is 18.4 Å². The van der Waals surface area contributed by atoms with Gasteiger partial charge in [0.15, 0.2) is 6.61 Å². The number of pyridine rings is 1. The lowest BCUT2D eigenvalue weighted by atomic mass is 10.0. The number of aromatic nitrogens is 2. The van der Waals surface area contributed by atoms with E-state index >= 15 is 0 Å². The largest absolute Gasteiger partial charge is 0.466 e. The van der Waals surface area contributed by atoms with Crippen LogP contribution in [-0.4, -0.2) is 53.1 Å². The van der Waals surface area contributed by atoms with Crippen LogP contribution in [0.4, 0.5) is 14.5 Å². The number of halogens is 2. The molecule has 1 N–H and O–H groups in total. The molecule has 2 aliphatic rings. The van der Waals surface area contributed by atoms with E-state index in [4.69, 9.17) is 9.15 Å². The third kappa shape index (κ3) is 3.93. The number of nitrogens with zero attached hydrogens (tertiary/aromatic N) is 3. The van der Waals surface area contributed by atoms with Gasteiger partial charge in [-0.05, 0) is 37.1 Å². The Balaban J connectivity index is 1.14. The van der Waals surface area contributed by atoms with Crippen LogP contribution in [0.25, 0.3) is 21.9 Å². The van der Waals surface area contributed by atoms with E-state index in [0.717, 1.165) is 44.4 Å². The quantitative estimate of drug-likeness (QED) is 0.451. The summed E-state index contributed by atoms with van der Waals surface area (Å²) in [5.74, 6) is -0.813. The highest BCUT2D eigenvalue weighted by atomic mass is 19.1. The standard InChI is InChI=1S/C25H22F2N4O4/c26-14-1-2-21-18(9-14)23-19(25(33)35-21)11-16(29-23)3-6-30-7-4-17(5-8-30)31-20-10-15(27)12-28-24(20)34-13-22(31)32/h1-2,9-12,17,29H,3-8,13H2. The maximum atomic E-state index is 13.8. The highest BCUT2D eigenvalue weighted by molar-refractivity contribution is 6.02. The van der Waals surface area contributed by atoms with E-state index in [1.165, 1.54) is 24.3 Å². The first-order chi connectivity index (χ1) is 17.0. The Labute approximate surface area is 198 Å². The summed E-state index contributed by atoms with van der Waals surface area (Å²) in [6.07, 6.45) is 3.23. The first-order valence-electron chi connectivity index (χ1n) is 11.5. The van der Waals surface area contributed by atoms with Gasteiger partial charge in [0.2, 0.25) is 5.88 Å². The minimum atomic E-state index is -0.507. The molecule has 1 fully saturated rings. The van der Waals surface area contributed by atoms with Crippen molar-refractivity contribution in [2.24, 2.45) is 0 Å². The van der Waals surface area contributed by atoms with Crippen molar-refractivity contribution in [1.29, 1.82) is 0 Å². The summed E-state index contributed by atoms with van der Waals surface area (Å²) in [4.78, 5) is 36.1. The van der Waals surface area contributed by atoms with Gasteiger partial charge in [0.25, 0.3) is 5.91 Å². The third-order valence-corrected chi connectivity index (χ3v) is 6.79. The summed E-state index contributed by atoms with van der Waals surface area (Å²) < 4.78 is 38.2. The molecule has 3 aromatic heterocycles. The van der Waals surface area contributed by atoms with E-state index in [1.807, 2.05) is 0 Å². The average Bonchev–Trinajstić information content (AvgIpc) is 3.29. The number of piperidine rings is 1. The van der Waals surface area contributed by atoms with Gasteiger partial charge in [-0.3, -0.25) is 4.79 Å².